The van der Waals surface area contributed by atoms with Crippen LogP contribution in [0, 0.1) is 0 Å². The average Bonchev–Trinajstić information content (AvgIpc) is 2.79. The molecule has 1 aliphatic heterocycles. The first-order valence-corrected chi connectivity index (χ1v) is 10.5. The summed E-state index contributed by atoms with van der Waals surface area (Å²) in [6, 6.07) is 25.0. The Morgan fingerprint density at radius 2 is 1.53 bits per heavy atom. The lowest BCUT2D eigenvalue weighted by Crippen LogP contribution is -2.48. The number of benzene rings is 3. The monoisotopic (exact) mass is 400 g/mol. The zero-order chi connectivity index (χ0) is 20.8. The topological polar surface area (TPSA) is 47.9 Å². The van der Waals surface area contributed by atoms with Crippen molar-refractivity contribution < 1.29 is 4.79 Å². The number of hydrogen-bond acceptors (Lipinski definition) is 4. The van der Waals surface area contributed by atoms with Crippen LogP contribution in [0.2, 0.25) is 0 Å². The molecule has 5 nitrogen and oxygen atoms in total. The first-order valence-electron chi connectivity index (χ1n) is 10.5. The van der Waals surface area contributed by atoms with Crippen LogP contribution in [0.15, 0.2) is 77.9 Å². The molecule has 1 fully saturated rings. The van der Waals surface area contributed by atoms with E-state index < -0.39 is 0 Å². The molecule has 1 heterocycles. The Balaban J connectivity index is 1.25. The van der Waals surface area contributed by atoms with E-state index in [1.54, 1.807) is 0 Å². The SMILES string of the molecule is C/C(=N/NC(=O)CN1CCN(Cc2ccccc2)CC1)c1ccc2ccccc2c1. The number of carbonyl (C=O) groups is 1. The van der Waals surface area contributed by atoms with Gasteiger partial charge >= 0.3 is 0 Å². The van der Waals surface area contributed by atoms with E-state index in [0.29, 0.717) is 6.54 Å². The number of fused-ring (bicyclic) bond motifs is 1. The molecule has 0 saturated carbocycles. The van der Waals surface area contributed by atoms with Crippen LogP contribution in [0.4, 0.5) is 0 Å². The van der Waals surface area contributed by atoms with Gasteiger partial charge in [-0.3, -0.25) is 14.6 Å². The minimum atomic E-state index is -0.0633. The summed E-state index contributed by atoms with van der Waals surface area (Å²) in [5, 5.41) is 6.69. The second kappa shape index (κ2) is 9.65. The van der Waals surface area contributed by atoms with Crippen LogP contribution in [-0.2, 0) is 11.3 Å². The van der Waals surface area contributed by atoms with Crippen LogP contribution in [0.5, 0.6) is 0 Å². The van der Waals surface area contributed by atoms with Crippen molar-refractivity contribution in [2.45, 2.75) is 13.5 Å². The molecule has 154 valence electrons. The molecule has 1 aliphatic rings. The molecule has 0 aliphatic carbocycles. The lowest BCUT2D eigenvalue weighted by atomic mass is 10.0. The van der Waals surface area contributed by atoms with Gasteiger partial charge in [0.1, 0.15) is 0 Å². The van der Waals surface area contributed by atoms with Crippen molar-refractivity contribution in [3.05, 3.63) is 83.9 Å². The van der Waals surface area contributed by atoms with Crippen molar-refractivity contribution in [1.82, 2.24) is 15.2 Å². The number of nitrogens with zero attached hydrogens (tertiary/aromatic N) is 3. The molecule has 0 aromatic heterocycles. The largest absolute Gasteiger partial charge is 0.297 e. The lowest BCUT2D eigenvalue weighted by Gasteiger charge is -2.34. The highest BCUT2D eigenvalue weighted by Crippen LogP contribution is 2.16. The number of carbonyl (C=O) groups excluding carboxylic acids is 1. The van der Waals surface area contributed by atoms with Crippen LogP contribution >= 0.6 is 0 Å². The van der Waals surface area contributed by atoms with Crippen LogP contribution in [0.3, 0.4) is 0 Å². The van der Waals surface area contributed by atoms with Crippen molar-refractivity contribution in [2.75, 3.05) is 32.7 Å². The molecule has 1 amide bonds. The summed E-state index contributed by atoms with van der Waals surface area (Å²) in [6.45, 7) is 7.01. The summed E-state index contributed by atoms with van der Waals surface area (Å²) in [5.41, 5.74) is 5.88. The van der Waals surface area contributed by atoms with E-state index in [9.17, 15) is 4.79 Å². The number of hydrogen-bond donors (Lipinski definition) is 1. The molecule has 0 unspecified atom stereocenters. The van der Waals surface area contributed by atoms with E-state index in [0.717, 1.165) is 44.0 Å². The van der Waals surface area contributed by atoms with Crippen LogP contribution in [0.1, 0.15) is 18.1 Å². The highest BCUT2D eigenvalue weighted by atomic mass is 16.2. The molecule has 1 N–H and O–H groups in total. The van der Waals surface area contributed by atoms with Gasteiger partial charge in [0.2, 0.25) is 0 Å². The van der Waals surface area contributed by atoms with Gasteiger partial charge in [0, 0.05) is 32.7 Å². The zero-order valence-electron chi connectivity index (χ0n) is 17.4. The Morgan fingerprint density at radius 3 is 2.30 bits per heavy atom. The van der Waals surface area contributed by atoms with Gasteiger partial charge in [-0.15, -0.1) is 0 Å². The molecule has 3 aromatic carbocycles. The van der Waals surface area contributed by atoms with Crippen LogP contribution in [-0.4, -0.2) is 54.1 Å². The zero-order valence-corrected chi connectivity index (χ0v) is 17.4. The number of hydrazone groups is 1. The molecule has 1 saturated heterocycles. The summed E-state index contributed by atoms with van der Waals surface area (Å²) in [4.78, 5) is 17.0. The summed E-state index contributed by atoms with van der Waals surface area (Å²) < 4.78 is 0. The predicted molar refractivity (Wildman–Crippen MR) is 122 cm³/mol. The van der Waals surface area contributed by atoms with Crippen molar-refractivity contribution in [3.8, 4) is 0 Å². The standard InChI is InChI=1S/C25H28N4O/c1-20(23-12-11-22-9-5-6-10-24(22)17-23)26-27-25(30)19-29-15-13-28(14-16-29)18-21-7-3-2-4-8-21/h2-12,17H,13-16,18-19H2,1H3,(H,27,30)/b26-20-. The van der Waals surface area contributed by atoms with Crippen LogP contribution < -0.4 is 5.43 Å². The summed E-state index contributed by atoms with van der Waals surface area (Å²) in [6.07, 6.45) is 0. The van der Waals surface area contributed by atoms with Gasteiger partial charge in [-0.25, -0.2) is 5.43 Å². The van der Waals surface area contributed by atoms with E-state index in [2.05, 4.69) is 68.9 Å². The van der Waals surface area contributed by atoms with Gasteiger partial charge < -0.3 is 0 Å². The molecule has 4 rings (SSSR count). The van der Waals surface area contributed by atoms with Crippen molar-refractivity contribution >= 4 is 22.4 Å². The van der Waals surface area contributed by atoms with Gasteiger partial charge in [-0.05, 0) is 34.9 Å². The second-order valence-corrected chi connectivity index (χ2v) is 7.83. The number of piperazine rings is 1. The van der Waals surface area contributed by atoms with Crippen molar-refractivity contribution in [3.63, 3.8) is 0 Å². The lowest BCUT2D eigenvalue weighted by molar-refractivity contribution is -0.122. The Kier molecular flexibility index (Phi) is 6.52. The summed E-state index contributed by atoms with van der Waals surface area (Å²) >= 11 is 0. The Bertz CT molecular complexity index is 1020. The fourth-order valence-electron chi connectivity index (χ4n) is 3.81. The molecule has 5 heteroatoms. The van der Waals surface area contributed by atoms with E-state index in [1.807, 2.05) is 31.2 Å². The number of rotatable bonds is 6. The molecule has 0 spiro atoms. The number of nitrogens with one attached hydrogen (secondary N) is 1. The molecule has 0 atom stereocenters. The minimum Gasteiger partial charge on any atom is -0.297 e. The Hall–Kier alpha value is -3.02. The van der Waals surface area contributed by atoms with Gasteiger partial charge in [-0.2, -0.15) is 5.10 Å². The fraction of sp³-hybridized carbons (Fsp3) is 0.280. The average molecular weight is 401 g/mol. The molecule has 0 bridgehead atoms. The highest BCUT2D eigenvalue weighted by molar-refractivity contribution is 6.02. The molecule has 3 aromatic rings. The van der Waals surface area contributed by atoms with Gasteiger partial charge in [-0.1, -0.05) is 66.7 Å². The van der Waals surface area contributed by atoms with Crippen LogP contribution in [0.25, 0.3) is 10.8 Å². The Labute approximate surface area is 178 Å². The maximum atomic E-state index is 12.4. The molecule has 30 heavy (non-hydrogen) atoms. The van der Waals surface area contributed by atoms with Gasteiger partial charge in [0.25, 0.3) is 5.91 Å². The fourth-order valence-corrected chi connectivity index (χ4v) is 3.81. The molecule has 0 radical (unpaired) electrons. The van der Waals surface area contributed by atoms with E-state index in [-0.39, 0.29) is 5.91 Å². The summed E-state index contributed by atoms with van der Waals surface area (Å²) in [5.74, 6) is -0.0633. The first-order chi connectivity index (χ1) is 14.7. The minimum absolute atomic E-state index is 0.0633. The third-order valence-electron chi connectivity index (χ3n) is 5.60. The second-order valence-electron chi connectivity index (χ2n) is 7.83. The normalized spacial score (nSPS) is 16.0. The van der Waals surface area contributed by atoms with E-state index in [1.165, 1.54) is 16.3 Å². The highest BCUT2D eigenvalue weighted by Gasteiger charge is 2.18. The van der Waals surface area contributed by atoms with E-state index in [4.69, 9.17) is 0 Å². The van der Waals surface area contributed by atoms with Crippen molar-refractivity contribution in [1.29, 1.82) is 0 Å². The third-order valence-corrected chi connectivity index (χ3v) is 5.60. The van der Waals surface area contributed by atoms with E-state index >= 15 is 0 Å². The maximum absolute atomic E-state index is 12.4. The maximum Gasteiger partial charge on any atom is 0.254 e. The smallest absolute Gasteiger partial charge is 0.254 e. The molecular formula is C25H28N4O. The first kappa shape index (κ1) is 20.3. The van der Waals surface area contributed by atoms with Crippen molar-refractivity contribution in [2.24, 2.45) is 5.10 Å². The number of amides is 1. The molecular weight excluding hydrogens is 372 g/mol. The third kappa shape index (κ3) is 5.32. The Morgan fingerprint density at radius 1 is 0.867 bits per heavy atom. The predicted octanol–water partition coefficient (Wildman–Crippen LogP) is 3.50. The van der Waals surface area contributed by atoms with Gasteiger partial charge in [0.15, 0.2) is 0 Å². The summed E-state index contributed by atoms with van der Waals surface area (Å²) in [7, 11) is 0. The quantitative estimate of drug-likeness (QED) is 0.509. The van der Waals surface area contributed by atoms with Gasteiger partial charge in [0.05, 0.1) is 12.3 Å².